The number of hydrogen-bond donors (Lipinski definition) is 1. The van der Waals surface area contributed by atoms with Crippen LogP contribution >= 0.6 is 0 Å². The lowest BCUT2D eigenvalue weighted by molar-refractivity contribution is 0.374. The van der Waals surface area contributed by atoms with Gasteiger partial charge in [-0.3, -0.25) is 0 Å². The molecule has 0 aliphatic heterocycles. The molecule has 1 rings (SSSR count). The van der Waals surface area contributed by atoms with Crippen LogP contribution in [0.4, 0.5) is 0 Å². The summed E-state index contributed by atoms with van der Waals surface area (Å²) in [5.41, 5.74) is 6.25. The van der Waals surface area contributed by atoms with Gasteiger partial charge in [0, 0.05) is 13.1 Å². The molecule has 0 bridgehead atoms. The third-order valence-electron chi connectivity index (χ3n) is 2.84. The Labute approximate surface area is 103 Å². The number of nitrogens with two attached hydrogens (primary N) is 1. The van der Waals surface area contributed by atoms with Gasteiger partial charge in [-0.25, -0.2) is 12.7 Å². The lowest BCUT2D eigenvalue weighted by atomic mass is 10.2. The minimum Gasteiger partial charge on any atom is -0.330 e. The summed E-state index contributed by atoms with van der Waals surface area (Å²) >= 11 is 0. The number of rotatable bonds is 6. The number of benzene rings is 1. The fourth-order valence-corrected chi connectivity index (χ4v) is 3.05. The van der Waals surface area contributed by atoms with Crippen LogP contribution in [-0.2, 0) is 15.8 Å². The lowest BCUT2D eigenvalue weighted by Gasteiger charge is -2.23. The number of nitrogens with zero attached hydrogens (tertiary/aromatic N) is 1. The quantitative estimate of drug-likeness (QED) is 0.831. The van der Waals surface area contributed by atoms with Crippen molar-refractivity contribution in [2.75, 3.05) is 13.6 Å². The van der Waals surface area contributed by atoms with Crippen LogP contribution in [0.25, 0.3) is 0 Å². The highest BCUT2D eigenvalue weighted by molar-refractivity contribution is 7.88. The normalized spacial score (nSPS) is 13.9. The predicted molar refractivity (Wildman–Crippen MR) is 70.0 cm³/mol. The first-order valence-electron chi connectivity index (χ1n) is 5.67. The van der Waals surface area contributed by atoms with Crippen LogP contribution in [0, 0.1) is 0 Å². The summed E-state index contributed by atoms with van der Waals surface area (Å²) in [7, 11) is -1.65. The Balaban J connectivity index is 2.75. The molecular weight excluding hydrogens is 236 g/mol. The highest BCUT2D eigenvalue weighted by Crippen LogP contribution is 2.13. The number of hydrogen-bond acceptors (Lipinski definition) is 3. The van der Waals surface area contributed by atoms with Crippen molar-refractivity contribution in [3.63, 3.8) is 0 Å². The van der Waals surface area contributed by atoms with Crippen LogP contribution < -0.4 is 5.73 Å². The Morgan fingerprint density at radius 2 is 1.88 bits per heavy atom. The molecule has 0 amide bonds. The molecule has 2 N–H and O–H groups in total. The van der Waals surface area contributed by atoms with Gasteiger partial charge in [-0.2, -0.15) is 0 Å². The summed E-state index contributed by atoms with van der Waals surface area (Å²) in [5.74, 6) is 0.0409. The second-order valence-corrected chi connectivity index (χ2v) is 6.21. The molecule has 0 saturated heterocycles. The second-order valence-electron chi connectivity index (χ2n) is 4.18. The average molecular weight is 256 g/mol. The molecule has 0 heterocycles. The van der Waals surface area contributed by atoms with Gasteiger partial charge in [0.1, 0.15) is 0 Å². The van der Waals surface area contributed by atoms with Crippen molar-refractivity contribution >= 4 is 10.0 Å². The van der Waals surface area contributed by atoms with Crippen molar-refractivity contribution in [1.29, 1.82) is 0 Å². The second kappa shape index (κ2) is 6.14. The first-order chi connectivity index (χ1) is 7.97. The smallest absolute Gasteiger partial charge is 0.218 e. The van der Waals surface area contributed by atoms with E-state index in [2.05, 4.69) is 0 Å². The van der Waals surface area contributed by atoms with Gasteiger partial charge in [-0.15, -0.1) is 0 Å². The highest BCUT2D eigenvalue weighted by Gasteiger charge is 2.22. The summed E-state index contributed by atoms with van der Waals surface area (Å²) in [5, 5.41) is 0. The average Bonchev–Trinajstić information content (AvgIpc) is 2.29. The molecular formula is C12H20N2O2S. The molecule has 1 aromatic rings. The Morgan fingerprint density at radius 1 is 1.29 bits per heavy atom. The molecule has 0 saturated carbocycles. The maximum Gasteiger partial charge on any atom is 0.218 e. The minimum atomic E-state index is -3.26. The molecule has 0 radical (unpaired) electrons. The Hall–Kier alpha value is -0.910. The molecule has 0 aromatic heterocycles. The molecule has 96 valence electrons. The number of sulfonamides is 1. The summed E-state index contributed by atoms with van der Waals surface area (Å²) in [6.45, 7) is 2.36. The monoisotopic (exact) mass is 256 g/mol. The molecule has 17 heavy (non-hydrogen) atoms. The van der Waals surface area contributed by atoms with E-state index in [1.54, 1.807) is 7.05 Å². The standard InChI is InChI=1S/C12H20N2O2S/c1-11(8-9-13)14(2)17(15,16)10-12-6-4-3-5-7-12/h3-7,11H,8-10,13H2,1-2H3. The first-order valence-corrected chi connectivity index (χ1v) is 7.28. The van der Waals surface area contributed by atoms with Crippen molar-refractivity contribution in [3.05, 3.63) is 35.9 Å². The summed E-state index contributed by atoms with van der Waals surface area (Å²) in [6, 6.07) is 9.13. The summed E-state index contributed by atoms with van der Waals surface area (Å²) in [6.07, 6.45) is 0.671. The van der Waals surface area contributed by atoms with Gasteiger partial charge in [0.2, 0.25) is 10.0 Å². The van der Waals surface area contributed by atoms with E-state index in [0.29, 0.717) is 13.0 Å². The van der Waals surface area contributed by atoms with Gasteiger partial charge >= 0.3 is 0 Å². The van der Waals surface area contributed by atoms with Gasteiger partial charge in [0.25, 0.3) is 0 Å². The molecule has 0 aliphatic carbocycles. The maximum atomic E-state index is 12.1. The van der Waals surface area contributed by atoms with Crippen LogP contribution in [-0.4, -0.2) is 32.4 Å². The van der Waals surface area contributed by atoms with Gasteiger partial charge in [0.15, 0.2) is 0 Å². The SMILES string of the molecule is CC(CCN)N(C)S(=O)(=O)Cc1ccccc1. The van der Waals surface area contributed by atoms with Gasteiger partial charge in [0.05, 0.1) is 5.75 Å². The van der Waals surface area contributed by atoms with E-state index in [9.17, 15) is 8.42 Å². The molecule has 1 aromatic carbocycles. The summed E-state index contributed by atoms with van der Waals surface area (Å²) in [4.78, 5) is 0. The fraction of sp³-hybridized carbons (Fsp3) is 0.500. The van der Waals surface area contributed by atoms with Crippen LogP contribution in [0.2, 0.25) is 0 Å². The third-order valence-corrected chi connectivity index (χ3v) is 4.77. The van der Waals surface area contributed by atoms with E-state index in [0.717, 1.165) is 5.56 Å². The molecule has 0 fully saturated rings. The first kappa shape index (κ1) is 14.2. The van der Waals surface area contributed by atoms with Crippen molar-refractivity contribution in [3.8, 4) is 0 Å². The van der Waals surface area contributed by atoms with Crippen LogP contribution in [0.15, 0.2) is 30.3 Å². The van der Waals surface area contributed by atoms with Crippen molar-refractivity contribution in [2.45, 2.75) is 25.1 Å². The van der Waals surface area contributed by atoms with Gasteiger partial charge in [-0.05, 0) is 25.5 Å². The van der Waals surface area contributed by atoms with Crippen LogP contribution in [0.3, 0.4) is 0 Å². The topological polar surface area (TPSA) is 63.4 Å². The molecule has 1 atom stereocenters. The van der Waals surface area contributed by atoms with Crippen molar-refractivity contribution in [1.82, 2.24) is 4.31 Å². The molecule has 0 spiro atoms. The largest absolute Gasteiger partial charge is 0.330 e. The Morgan fingerprint density at radius 3 is 2.41 bits per heavy atom. The van der Waals surface area contributed by atoms with Crippen LogP contribution in [0.5, 0.6) is 0 Å². The summed E-state index contributed by atoms with van der Waals surface area (Å²) < 4.78 is 25.6. The fourth-order valence-electron chi connectivity index (χ4n) is 1.58. The van der Waals surface area contributed by atoms with E-state index in [-0.39, 0.29) is 11.8 Å². The Bertz CT molecular complexity index is 431. The van der Waals surface area contributed by atoms with Gasteiger partial charge in [-0.1, -0.05) is 30.3 Å². The van der Waals surface area contributed by atoms with Crippen molar-refractivity contribution in [2.24, 2.45) is 5.73 Å². The minimum absolute atomic E-state index is 0.0409. The third kappa shape index (κ3) is 4.11. The zero-order chi connectivity index (χ0) is 12.9. The van der Waals surface area contributed by atoms with Gasteiger partial charge < -0.3 is 5.73 Å². The van der Waals surface area contributed by atoms with E-state index < -0.39 is 10.0 Å². The van der Waals surface area contributed by atoms with E-state index in [1.165, 1.54) is 4.31 Å². The van der Waals surface area contributed by atoms with E-state index in [1.807, 2.05) is 37.3 Å². The van der Waals surface area contributed by atoms with E-state index in [4.69, 9.17) is 5.73 Å². The zero-order valence-electron chi connectivity index (χ0n) is 10.3. The molecule has 4 nitrogen and oxygen atoms in total. The molecule has 0 aliphatic rings. The zero-order valence-corrected chi connectivity index (χ0v) is 11.2. The lowest BCUT2D eigenvalue weighted by Crippen LogP contribution is -2.37. The predicted octanol–water partition coefficient (Wildman–Crippen LogP) is 1.19. The maximum absolute atomic E-state index is 12.1. The van der Waals surface area contributed by atoms with E-state index >= 15 is 0 Å². The Kier molecular flexibility index (Phi) is 5.11. The molecule has 1 unspecified atom stereocenters. The highest BCUT2D eigenvalue weighted by atomic mass is 32.2. The van der Waals surface area contributed by atoms with Crippen LogP contribution in [0.1, 0.15) is 18.9 Å². The van der Waals surface area contributed by atoms with Crippen molar-refractivity contribution < 1.29 is 8.42 Å². The molecule has 5 heteroatoms.